The number of benzene rings is 2. The highest BCUT2D eigenvalue weighted by Crippen LogP contribution is 2.22. The normalized spacial score (nSPS) is 16.5. The molecule has 1 saturated heterocycles. The molecule has 1 unspecified atom stereocenters. The zero-order valence-corrected chi connectivity index (χ0v) is 18.5. The fourth-order valence-electron chi connectivity index (χ4n) is 3.35. The molecule has 3 rings (SSSR count). The summed E-state index contributed by atoms with van der Waals surface area (Å²) in [6.45, 7) is 5.18. The first-order chi connectivity index (χ1) is 14.4. The van der Waals surface area contributed by atoms with E-state index in [9.17, 15) is 13.2 Å². The Morgan fingerprint density at radius 1 is 1.00 bits per heavy atom. The molecule has 162 valence electrons. The summed E-state index contributed by atoms with van der Waals surface area (Å²) in [7, 11) is -3.49. The molecule has 6 nitrogen and oxygen atoms in total. The van der Waals surface area contributed by atoms with Gasteiger partial charge in [-0.05, 0) is 74.7 Å². The van der Waals surface area contributed by atoms with Crippen LogP contribution in [0.1, 0.15) is 56.3 Å². The molecule has 7 heteroatoms. The van der Waals surface area contributed by atoms with Crippen molar-refractivity contribution in [1.29, 1.82) is 0 Å². The molecule has 1 aliphatic heterocycles. The molecule has 0 saturated carbocycles. The minimum Gasteiger partial charge on any atom is -0.491 e. The molecule has 1 N–H and O–H groups in total. The van der Waals surface area contributed by atoms with Crippen molar-refractivity contribution in [1.82, 2.24) is 4.31 Å². The Balaban J connectivity index is 1.64. The van der Waals surface area contributed by atoms with Gasteiger partial charge in [-0.15, -0.1) is 0 Å². The standard InChI is InChI=1S/C23H30N2O4S/c1-3-18(2)29-21-12-8-19(9-13-21)23(26)24-20-10-14-22(15-11-20)30(27,28)25-16-6-4-5-7-17-25/h8-15,18H,3-7,16-17H2,1-2H3,(H,24,26). The van der Waals surface area contributed by atoms with E-state index in [0.29, 0.717) is 24.3 Å². The van der Waals surface area contributed by atoms with Gasteiger partial charge in [-0.1, -0.05) is 19.8 Å². The Morgan fingerprint density at radius 3 is 2.17 bits per heavy atom. The van der Waals surface area contributed by atoms with E-state index in [4.69, 9.17) is 4.74 Å². The van der Waals surface area contributed by atoms with Crippen LogP contribution in [0, 0.1) is 0 Å². The molecule has 0 spiro atoms. The number of hydrogen-bond acceptors (Lipinski definition) is 4. The number of anilines is 1. The van der Waals surface area contributed by atoms with E-state index in [0.717, 1.165) is 37.9 Å². The van der Waals surface area contributed by atoms with Crippen molar-refractivity contribution >= 4 is 21.6 Å². The topological polar surface area (TPSA) is 75.7 Å². The van der Waals surface area contributed by atoms with Crippen molar-refractivity contribution in [2.24, 2.45) is 0 Å². The first-order valence-electron chi connectivity index (χ1n) is 10.6. The number of nitrogens with zero attached hydrogens (tertiary/aromatic N) is 1. The average Bonchev–Trinajstić information content (AvgIpc) is 3.05. The van der Waals surface area contributed by atoms with Crippen LogP contribution in [0.3, 0.4) is 0 Å². The lowest BCUT2D eigenvalue weighted by molar-refractivity contribution is 0.102. The highest BCUT2D eigenvalue weighted by atomic mass is 32.2. The van der Waals surface area contributed by atoms with Crippen molar-refractivity contribution < 1.29 is 17.9 Å². The summed E-state index contributed by atoms with van der Waals surface area (Å²) in [6.07, 6.45) is 4.96. The molecular formula is C23H30N2O4S. The molecule has 1 fully saturated rings. The van der Waals surface area contributed by atoms with Crippen LogP contribution in [-0.2, 0) is 10.0 Å². The molecule has 0 bridgehead atoms. The van der Waals surface area contributed by atoms with Crippen LogP contribution in [0.2, 0.25) is 0 Å². The zero-order chi connectivity index (χ0) is 21.6. The van der Waals surface area contributed by atoms with Crippen LogP contribution in [-0.4, -0.2) is 37.8 Å². The van der Waals surface area contributed by atoms with Crippen molar-refractivity contribution in [3.63, 3.8) is 0 Å². The third-order valence-corrected chi connectivity index (χ3v) is 7.26. The van der Waals surface area contributed by atoms with Crippen molar-refractivity contribution in [2.75, 3.05) is 18.4 Å². The van der Waals surface area contributed by atoms with Gasteiger partial charge in [0.2, 0.25) is 10.0 Å². The molecule has 1 aliphatic rings. The molecule has 30 heavy (non-hydrogen) atoms. The Bertz CT molecular complexity index is 932. The lowest BCUT2D eigenvalue weighted by Gasteiger charge is -2.20. The number of ether oxygens (including phenoxy) is 1. The summed E-state index contributed by atoms with van der Waals surface area (Å²) in [5.74, 6) is 0.470. The second kappa shape index (κ2) is 10.1. The third-order valence-electron chi connectivity index (χ3n) is 5.34. The van der Waals surface area contributed by atoms with Crippen molar-refractivity contribution in [3.8, 4) is 5.75 Å². The predicted molar refractivity (Wildman–Crippen MR) is 118 cm³/mol. The summed E-state index contributed by atoms with van der Waals surface area (Å²) in [5.41, 5.74) is 1.06. The van der Waals surface area contributed by atoms with E-state index in [1.54, 1.807) is 52.8 Å². The van der Waals surface area contributed by atoms with Gasteiger partial charge < -0.3 is 10.1 Å². The van der Waals surface area contributed by atoms with Crippen LogP contribution in [0.5, 0.6) is 5.75 Å². The molecule has 1 atom stereocenters. The molecule has 0 aromatic heterocycles. The Kier molecular flexibility index (Phi) is 7.50. The van der Waals surface area contributed by atoms with E-state index in [2.05, 4.69) is 12.2 Å². The third kappa shape index (κ3) is 5.61. The summed E-state index contributed by atoms with van der Waals surface area (Å²) in [5, 5.41) is 2.81. The number of carbonyl (C=O) groups excluding carboxylic acids is 1. The second-order valence-electron chi connectivity index (χ2n) is 7.66. The Labute approximate surface area is 179 Å². The van der Waals surface area contributed by atoms with E-state index in [-0.39, 0.29) is 16.9 Å². The molecule has 0 radical (unpaired) electrons. The number of rotatable bonds is 7. The number of carbonyl (C=O) groups is 1. The maximum absolute atomic E-state index is 12.9. The highest BCUT2D eigenvalue weighted by Gasteiger charge is 2.25. The first-order valence-corrected chi connectivity index (χ1v) is 12.0. The number of hydrogen-bond donors (Lipinski definition) is 1. The van der Waals surface area contributed by atoms with Gasteiger partial charge in [-0.3, -0.25) is 4.79 Å². The summed E-state index contributed by atoms with van der Waals surface area (Å²) in [4.78, 5) is 12.8. The van der Waals surface area contributed by atoms with Crippen molar-refractivity contribution in [3.05, 3.63) is 54.1 Å². The smallest absolute Gasteiger partial charge is 0.255 e. The first kappa shape index (κ1) is 22.3. The fourth-order valence-corrected chi connectivity index (χ4v) is 4.86. The fraction of sp³-hybridized carbons (Fsp3) is 0.435. The minimum atomic E-state index is -3.49. The van der Waals surface area contributed by atoms with E-state index in [1.165, 1.54) is 0 Å². The maximum Gasteiger partial charge on any atom is 0.255 e. The van der Waals surface area contributed by atoms with E-state index < -0.39 is 10.0 Å². The molecule has 0 aliphatic carbocycles. The highest BCUT2D eigenvalue weighted by molar-refractivity contribution is 7.89. The number of amides is 1. The van der Waals surface area contributed by atoms with Crippen LogP contribution < -0.4 is 10.1 Å². The number of nitrogens with one attached hydrogen (secondary N) is 1. The molecule has 2 aromatic carbocycles. The number of sulfonamides is 1. The average molecular weight is 431 g/mol. The van der Waals surface area contributed by atoms with Crippen LogP contribution in [0.25, 0.3) is 0 Å². The van der Waals surface area contributed by atoms with E-state index >= 15 is 0 Å². The van der Waals surface area contributed by atoms with Gasteiger partial charge in [-0.2, -0.15) is 4.31 Å². The summed E-state index contributed by atoms with van der Waals surface area (Å²) < 4.78 is 33.0. The van der Waals surface area contributed by atoms with Gasteiger partial charge in [0.05, 0.1) is 11.0 Å². The molecule has 1 heterocycles. The SMILES string of the molecule is CCC(C)Oc1ccc(C(=O)Nc2ccc(S(=O)(=O)N3CCCCCC3)cc2)cc1. The van der Waals surface area contributed by atoms with Gasteiger partial charge in [0.1, 0.15) is 5.75 Å². The van der Waals surface area contributed by atoms with Gasteiger partial charge >= 0.3 is 0 Å². The Morgan fingerprint density at radius 2 is 1.60 bits per heavy atom. The predicted octanol–water partition coefficient (Wildman–Crippen LogP) is 4.68. The van der Waals surface area contributed by atoms with E-state index in [1.807, 2.05) is 6.92 Å². The Hall–Kier alpha value is -2.38. The molecular weight excluding hydrogens is 400 g/mol. The van der Waals surface area contributed by atoms with Gasteiger partial charge in [-0.25, -0.2) is 8.42 Å². The van der Waals surface area contributed by atoms with Crippen molar-refractivity contribution in [2.45, 2.75) is 57.0 Å². The summed E-state index contributed by atoms with van der Waals surface area (Å²) in [6, 6.07) is 13.3. The quantitative estimate of drug-likeness (QED) is 0.692. The molecule has 1 amide bonds. The van der Waals surface area contributed by atoms with Gasteiger partial charge in [0, 0.05) is 24.3 Å². The maximum atomic E-state index is 12.9. The largest absolute Gasteiger partial charge is 0.491 e. The van der Waals surface area contributed by atoms with Gasteiger partial charge in [0.25, 0.3) is 5.91 Å². The lowest BCUT2D eigenvalue weighted by Crippen LogP contribution is -2.31. The lowest BCUT2D eigenvalue weighted by atomic mass is 10.2. The summed E-state index contributed by atoms with van der Waals surface area (Å²) >= 11 is 0. The molecule has 2 aromatic rings. The monoisotopic (exact) mass is 430 g/mol. The zero-order valence-electron chi connectivity index (χ0n) is 17.6. The van der Waals surface area contributed by atoms with Crippen LogP contribution in [0.15, 0.2) is 53.4 Å². The van der Waals surface area contributed by atoms with Crippen LogP contribution >= 0.6 is 0 Å². The second-order valence-corrected chi connectivity index (χ2v) is 9.60. The van der Waals surface area contributed by atoms with Crippen LogP contribution in [0.4, 0.5) is 5.69 Å². The van der Waals surface area contributed by atoms with Gasteiger partial charge in [0.15, 0.2) is 0 Å². The minimum absolute atomic E-state index is 0.119.